The van der Waals surface area contributed by atoms with Gasteiger partial charge < -0.3 is 0 Å². The van der Waals surface area contributed by atoms with Crippen molar-refractivity contribution in [3.05, 3.63) is 64.4 Å². The van der Waals surface area contributed by atoms with Crippen molar-refractivity contribution in [2.75, 3.05) is 5.43 Å². The zero-order valence-electron chi connectivity index (χ0n) is 8.90. The second-order valence-electron chi connectivity index (χ2n) is 3.40. The fourth-order valence-electron chi connectivity index (χ4n) is 1.30. The van der Waals surface area contributed by atoms with Crippen LogP contribution in [0.2, 0.25) is 0 Å². The lowest BCUT2D eigenvalue weighted by Gasteiger charge is -2.00. The normalized spacial score (nSPS) is 10.7. The highest BCUT2D eigenvalue weighted by atomic mass is 79.9. The molecule has 0 amide bonds. The van der Waals surface area contributed by atoms with E-state index in [-0.39, 0.29) is 5.82 Å². The molecule has 17 heavy (non-hydrogen) atoms. The Labute approximate surface area is 107 Å². The molecule has 0 saturated carbocycles. The van der Waals surface area contributed by atoms with Crippen LogP contribution in [-0.2, 0) is 0 Å². The van der Waals surface area contributed by atoms with Gasteiger partial charge in [0, 0.05) is 10.0 Å². The molecular weight excluding hydrogens is 283 g/mol. The monoisotopic (exact) mass is 292 g/mol. The molecule has 2 rings (SSSR count). The number of halogens is 2. The van der Waals surface area contributed by atoms with Crippen LogP contribution < -0.4 is 5.43 Å². The van der Waals surface area contributed by atoms with E-state index in [4.69, 9.17) is 0 Å². The van der Waals surface area contributed by atoms with Gasteiger partial charge in [-0.2, -0.15) is 5.10 Å². The van der Waals surface area contributed by atoms with Crippen molar-refractivity contribution >= 4 is 27.8 Å². The fourth-order valence-corrected chi connectivity index (χ4v) is 1.75. The fraction of sp³-hybridized carbons (Fsp3) is 0. The third kappa shape index (κ3) is 3.39. The zero-order chi connectivity index (χ0) is 12.1. The minimum Gasteiger partial charge on any atom is -0.279 e. The van der Waals surface area contributed by atoms with Gasteiger partial charge >= 0.3 is 0 Å². The van der Waals surface area contributed by atoms with E-state index in [0.717, 1.165) is 11.3 Å². The van der Waals surface area contributed by atoms with Crippen LogP contribution in [0.25, 0.3) is 0 Å². The first-order valence-corrected chi connectivity index (χ1v) is 5.84. The maximum absolute atomic E-state index is 12.8. The van der Waals surface area contributed by atoms with Gasteiger partial charge in [-0.3, -0.25) is 5.43 Å². The van der Waals surface area contributed by atoms with Crippen LogP contribution in [0.5, 0.6) is 0 Å². The van der Waals surface area contributed by atoms with Gasteiger partial charge in [-0.15, -0.1) is 0 Å². The van der Waals surface area contributed by atoms with Gasteiger partial charge in [-0.25, -0.2) is 4.39 Å². The summed E-state index contributed by atoms with van der Waals surface area (Å²) in [6, 6.07) is 14.1. The third-order valence-electron chi connectivity index (χ3n) is 2.13. The number of benzene rings is 2. The summed E-state index contributed by atoms with van der Waals surface area (Å²) < 4.78 is 13.5. The first-order valence-electron chi connectivity index (χ1n) is 5.05. The van der Waals surface area contributed by atoms with Gasteiger partial charge in [-0.05, 0) is 30.3 Å². The molecule has 0 aromatic heterocycles. The van der Waals surface area contributed by atoms with Crippen molar-refractivity contribution in [3.8, 4) is 0 Å². The molecule has 0 aliphatic carbocycles. The van der Waals surface area contributed by atoms with E-state index in [0.29, 0.717) is 4.47 Å². The van der Waals surface area contributed by atoms with Gasteiger partial charge in [0.15, 0.2) is 0 Å². The van der Waals surface area contributed by atoms with Crippen LogP contribution in [0.1, 0.15) is 5.56 Å². The largest absolute Gasteiger partial charge is 0.279 e. The highest BCUT2D eigenvalue weighted by Gasteiger charge is 1.98. The first-order chi connectivity index (χ1) is 8.25. The SMILES string of the molecule is Fc1ccc(C=NNc2ccccc2)c(Br)c1. The molecule has 0 heterocycles. The molecular formula is C13H10BrFN2. The van der Waals surface area contributed by atoms with Gasteiger partial charge in [0.05, 0.1) is 11.9 Å². The lowest BCUT2D eigenvalue weighted by Crippen LogP contribution is -1.91. The molecule has 2 nitrogen and oxygen atoms in total. The lowest BCUT2D eigenvalue weighted by atomic mass is 10.2. The summed E-state index contributed by atoms with van der Waals surface area (Å²) in [4.78, 5) is 0. The second-order valence-corrected chi connectivity index (χ2v) is 4.26. The molecule has 0 saturated heterocycles. The van der Waals surface area contributed by atoms with E-state index in [1.807, 2.05) is 30.3 Å². The topological polar surface area (TPSA) is 24.4 Å². The van der Waals surface area contributed by atoms with Crippen LogP contribution >= 0.6 is 15.9 Å². The second kappa shape index (κ2) is 5.59. The van der Waals surface area contributed by atoms with Crippen LogP contribution in [0.3, 0.4) is 0 Å². The maximum atomic E-state index is 12.8. The van der Waals surface area contributed by atoms with Crippen LogP contribution in [-0.4, -0.2) is 6.21 Å². The molecule has 2 aromatic carbocycles. The minimum atomic E-state index is -0.273. The lowest BCUT2D eigenvalue weighted by molar-refractivity contribution is 0.627. The molecule has 4 heteroatoms. The van der Waals surface area contributed by atoms with Crippen molar-refractivity contribution in [2.24, 2.45) is 5.10 Å². The van der Waals surface area contributed by atoms with E-state index >= 15 is 0 Å². The van der Waals surface area contributed by atoms with Crippen molar-refractivity contribution in [1.82, 2.24) is 0 Å². The minimum absolute atomic E-state index is 0.273. The predicted molar refractivity (Wildman–Crippen MR) is 71.8 cm³/mol. The molecule has 86 valence electrons. The Kier molecular flexibility index (Phi) is 3.88. The molecule has 0 aliphatic heterocycles. The molecule has 0 bridgehead atoms. The van der Waals surface area contributed by atoms with Gasteiger partial charge in [0.2, 0.25) is 0 Å². The van der Waals surface area contributed by atoms with Gasteiger partial charge in [0.25, 0.3) is 0 Å². The summed E-state index contributed by atoms with van der Waals surface area (Å²) in [6.45, 7) is 0. The Morgan fingerprint density at radius 3 is 2.59 bits per heavy atom. The van der Waals surface area contributed by atoms with Crippen LogP contribution in [0, 0.1) is 5.82 Å². The summed E-state index contributed by atoms with van der Waals surface area (Å²) in [5.74, 6) is -0.273. The molecule has 0 unspecified atom stereocenters. The number of hydrogen-bond donors (Lipinski definition) is 1. The number of para-hydroxylation sites is 1. The number of hydrazone groups is 1. The summed E-state index contributed by atoms with van der Waals surface area (Å²) in [6.07, 6.45) is 1.64. The predicted octanol–water partition coefficient (Wildman–Crippen LogP) is 4.03. The molecule has 0 radical (unpaired) electrons. The summed E-state index contributed by atoms with van der Waals surface area (Å²) in [7, 11) is 0. The Hall–Kier alpha value is -1.68. The van der Waals surface area contributed by atoms with Crippen molar-refractivity contribution < 1.29 is 4.39 Å². The average Bonchev–Trinajstić information content (AvgIpc) is 2.33. The Morgan fingerprint density at radius 1 is 1.12 bits per heavy atom. The third-order valence-corrected chi connectivity index (χ3v) is 2.82. The molecule has 0 atom stereocenters. The van der Waals surface area contributed by atoms with Crippen LogP contribution in [0.4, 0.5) is 10.1 Å². The van der Waals surface area contributed by atoms with E-state index in [9.17, 15) is 4.39 Å². The van der Waals surface area contributed by atoms with Crippen molar-refractivity contribution in [2.45, 2.75) is 0 Å². The van der Waals surface area contributed by atoms with E-state index < -0.39 is 0 Å². The zero-order valence-corrected chi connectivity index (χ0v) is 10.5. The standard InChI is InChI=1S/C13H10BrFN2/c14-13-8-11(15)7-6-10(13)9-16-17-12-4-2-1-3-5-12/h1-9,17H. The van der Waals surface area contributed by atoms with Crippen molar-refractivity contribution in [1.29, 1.82) is 0 Å². The van der Waals surface area contributed by atoms with Crippen LogP contribution in [0.15, 0.2) is 58.1 Å². The first kappa shape index (κ1) is 11.8. The van der Waals surface area contributed by atoms with E-state index in [1.165, 1.54) is 12.1 Å². The van der Waals surface area contributed by atoms with E-state index in [1.54, 1.807) is 12.3 Å². The van der Waals surface area contributed by atoms with Gasteiger partial charge in [-0.1, -0.05) is 34.1 Å². The Bertz CT molecular complexity index is 526. The molecule has 1 N–H and O–H groups in total. The average molecular weight is 293 g/mol. The molecule has 2 aromatic rings. The molecule has 0 fully saturated rings. The Morgan fingerprint density at radius 2 is 1.88 bits per heavy atom. The number of hydrogen-bond acceptors (Lipinski definition) is 2. The summed E-state index contributed by atoms with van der Waals surface area (Å²) in [5.41, 5.74) is 4.61. The number of nitrogens with zero attached hydrogens (tertiary/aromatic N) is 1. The molecule has 0 spiro atoms. The highest BCUT2D eigenvalue weighted by Crippen LogP contribution is 2.16. The van der Waals surface area contributed by atoms with Gasteiger partial charge in [0.1, 0.15) is 5.82 Å². The quantitative estimate of drug-likeness (QED) is 0.670. The van der Waals surface area contributed by atoms with Crippen molar-refractivity contribution in [3.63, 3.8) is 0 Å². The summed E-state index contributed by atoms with van der Waals surface area (Å²) in [5, 5.41) is 4.07. The number of anilines is 1. The smallest absolute Gasteiger partial charge is 0.124 e. The highest BCUT2D eigenvalue weighted by molar-refractivity contribution is 9.10. The number of rotatable bonds is 3. The van der Waals surface area contributed by atoms with E-state index in [2.05, 4.69) is 26.5 Å². The Balaban J connectivity index is 2.06. The maximum Gasteiger partial charge on any atom is 0.124 e. The summed E-state index contributed by atoms with van der Waals surface area (Å²) >= 11 is 3.27. The molecule has 0 aliphatic rings. The number of nitrogens with one attached hydrogen (secondary N) is 1.